The van der Waals surface area contributed by atoms with Gasteiger partial charge in [-0.3, -0.25) is 14.9 Å². The Hall–Kier alpha value is -2.83. The van der Waals surface area contributed by atoms with Crippen LogP contribution in [0.15, 0.2) is 36.4 Å². The van der Waals surface area contributed by atoms with E-state index in [-0.39, 0.29) is 41.1 Å². The largest absolute Gasteiger partial charge is 0.364 e. The van der Waals surface area contributed by atoms with Crippen molar-refractivity contribution in [2.75, 3.05) is 11.9 Å². The Labute approximate surface area is 145 Å². The molecule has 1 aromatic carbocycles. The van der Waals surface area contributed by atoms with E-state index in [9.17, 15) is 19.3 Å². The monoisotopic (exact) mass is 345 g/mol. The molecule has 0 bridgehead atoms. The number of nitro groups is 1. The number of nitrogens with one attached hydrogen (secondary N) is 1. The van der Waals surface area contributed by atoms with Crippen molar-refractivity contribution in [1.29, 1.82) is 0 Å². The summed E-state index contributed by atoms with van der Waals surface area (Å²) >= 11 is 0. The van der Waals surface area contributed by atoms with Gasteiger partial charge in [0, 0.05) is 19.0 Å². The number of aryl methyl sites for hydroxylation is 1. The maximum atomic E-state index is 12.9. The van der Waals surface area contributed by atoms with Gasteiger partial charge in [-0.2, -0.15) is 0 Å². The average molecular weight is 345 g/mol. The van der Waals surface area contributed by atoms with Gasteiger partial charge in [-0.15, -0.1) is 0 Å². The quantitative estimate of drug-likeness (QED) is 0.444. The standard InChI is InChI=1S/C18H20FN3O3/c1-12(2)11-20-18-16(22(24)25)9-8-15(21-18)17(23)10-5-13-3-6-14(19)7-4-13/h3-4,6-9,12H,5,10-11H2,1-2H3,(H,20,21). The van der Waals surface area contributed by atoms with E-state index in [0.29, 0.717) is 13.0 Å². The van der Waals surface area contributed by atoms with Gasteiger partial charge in [0.1, 0.15) is 11.5 Å². The molecule has 0 aliphatic rings. The maximum Gasteiger partial charge on any atom is 0.311 e. The summed E-state index contributed by atoms with van der Waals surface area (Å²) in [7, 11) is 0. The van der Waals surface area contributed by atoms with Crippen molar-refractivity contribution in [2.45, 2.75) is 26.7 Å². The first kappa shape index (κ1) is 18.5. The number of ketones is 1. The minimum Gasteiger partial charge on any atom is -0.364 e. The van der Waals surface area contributed by atoms with Crippen LogP contribution in [-0.2, 0) is 6.42 Å². The highest BCUT2D eigenvalue weighted by molar-refractivity contribution is 5.95. The Morgan fingerprint density at radius 3 is 2.52 bits per heavy atom. The summed E-state index contributed by atoms with van der Waals surface area (Å²) in [6.07, 6.45) is 0.645. The van der Waals surface area contributed by atoms with Crippen molar-refractivity contribution in [1.82, 2.24) is 4.98 Å². The highest BCUT2D eigenvalue weighted by atomic mass is 19.1. The summed E-state index contributed by atoms with van der Waals surface area (Å²) in [6, 6.07) is 8.60. The van der Waals surface area contributed by atoms with Crippen molar-refractivity contribution in [3.05, 3.63) is 63.6 Å². The van der Waals surface area contributed by atoms with Crippen molar-refractivity contribution in [2.24, 2.45) is 5.92 Å². The molecule has 0 saturated heterocycles. The van der Waals surface area contributed by atoms with Crippen LogP contribution in [0.25, 0.3) is 0 Å². The van der Waals surface area contributed by atoms with Gasteiger partial charge in [0.25, 0.3) is 0 Å². The molecule has 0 fully saturated rings. The first-order valence-corrected chi connectivity index (χ1v) is 8.03. The van der Waals surface area contributed by atoms with Crippen LogP contribution in [0.3, 0.4) is 0 Å². The molecule has 0 radical (unpaired) electrons. The zero-order chi connectivity index (χ0) is 18.4. The van der Waals surface area contributed by atoms with E-state index < -0.39 is 4.92 Å². The molecule has 1 aromatic heterocycles. The second-order valence-electron chi connectivity index (χ2n) is 6.15. The van der Waals surface area contributed by atoms with E-state index in [2.05, 4.69) is 10.3 Å². The van der Waals surface area contributed by atoms with Gasteiger partial charge in [0.15, 0.2) is 5.78 Å². The van der Waals surface area contributed by atoms with Gasteiger partial charge in [0.05, 0.1) is 4.92 Å². The van der Waals surface area contributed by atoms with Gasteiger partial charge < -0.3 is 5.32 Å². The zero-order valence-electron chi connectivity index (χ0n) is 14.2. The Morgan fingerprint density at radius 2 is 1.92 bits per heavy atom. The number of halogens is 1. The van der Waals surface area contributed by atoms with Gasteiger partial charge in [0.2, 0.25) is 5.82 Å². The summed E-state index contributed by atoms with van der Waals surface area (Å²) in [4.78, 5) is 27.0. The summed E-state index contributed by atoms with van der Waals surface area (Å²) < 4.78 is 12.9. The predicted molar refractivity (Wildman–Crippen MR) is 93.3 cm³/mol. The molecule has 0 saturated carbocycles. The second kappa shape index (κ2) is 8.32. The van der Waals surface area contributed by atoms with Crippen LogP contribution < -0.4 is 5.32 Å². The van der Waals surface area contributed by atoms with Crippen molar-refractivity contribution in [3.63, 3.8) is 0 Å². The maximum absolute atomic E-state index is 12.9. The third-order valence-corrected chi connectivity index (χ3v) is 3.59. The summed E-state index contributed by atoms with van der Waals surface area (Å²) in [5.74, 6) is -0.162. The molecule has 2 rings (SSSR count). The third kappa shape index (κ3) is 5.34. The van der Waals surface area contributed by atoms with Crippen LogP contribution in [0.5, 0.6) is 0 Å². The van der Waals surface area contributed by atoms with Crippen LogP contribution in [0.4, 0.5) is 15.9 Å². The fourth-order valence-corrected chi connectivity index (χ4v) is 2.22. The number of carbonyl (C=O) groups excluding carboxylic acids is 1. The predicted octanol–water partition coefficient (Wildman–Crippen LogP) is 4.01. The number of aromatic nitrogens is 1. The van der Waals surface area contributed by atoms with E-state index in [1.54, 1.807) is 12.1 Å². The highest BCUT2D eigenvalue weighted by Crippen LogP contribution is 2.23. The third-order valence-electron chi connectivity index (χ3n) is 3.59. The lowest BCUT2D eigenvalue weighted by molar-refractivity contribution is -0.384. The highest BCUT2D eigenvalue weighted by Gasteiger charge is 2.18. The average Bonchev–Trinajstić information content (AvgIpc) is 2.58. The SMILES string of the molecule is CC(C)CNc1nc(C(=O)CCc2ccc(F)cc2)ccc1[N+](=O)[O-]. The van der Waals surface area contributed by atoms with Crippen LogP contribution in [-0.4, -0.2) is 22.2 Å². The molecular weight excluding hydrogens is 325 g/mol. The normalized spacial score (nSPS) is 10.7. The first-order chi connectivity index (χ1) is 11.9. The minimum atomic E-state index is -0.525. The van der Waals surface area contributed by atoms with Gasteiger partial charge >= 0.3 is 5.69 Å². The molecule has 0 aliphatic heterocycles. The number of pyridine rings is 1. The molecule has 132 valence electrons. The Bertz CT molecular complexity index is 761. The molecule has 0 unspecified atom stereocenters. The van der Waals surface area contributed by atoms with Crippen LogP contribution in [0, 0.1) is 21.8 Å². The summed E-state index contributed by atoms with van der Waals surface area (Å²) in [5, 5.41) is 14.0. The number of hydrogen-bond acceptors (Lipinski definition) is 5. The number of rotatable bonds is 8. The molecule has 1 heterocycles. The van der Waals surface area contributed by atoms with Gasteiger partial charge in [-0.25, -0.2) is 9.37 Å². The number of nitrogens with zero attached hydrogens (tertiary/aromatic N) is 2. The van der Waals surface area contributed by atoms with Gasteiger partial charge in [-0.05, 0) is 36.1 Å². The van der Waals surface area contributed by atoms with Crippen molar-refractivity contribution >= 4 is 17.3 Å². The van der Waals surface area contributed by atoms with Crippen molar-refractivity contribution < 1.29 is 14.1 Å². The lowest BCUT2D eigenvalue weighted by Gasteiger charge is -2.10. The topological polar surface area (TPSA) is 85.1 Å². The lowest BCUT2D eigenvalue weighted by Crippen LogP contribution is -2.13. The second-order valence-corrected chi connectivity index (χ2v) is 6.15. The fraction of sp³-hybridized carbons (Fsp3) is 0.333. The zero-order valence-corrected chi connectivity index (χ0v) is 14.2. The van der Waals surface area contributed by atoms with Crippen LogP contribution in [0.1, 0.15) is 36.3 Å². The smallest absolute Gasteiger partial charge is 0.311 e. The van der Waals surface area contributed by atoms with Crippen LogP contribution >= 0.6 is 0 Å². The molecule has 0 aliphatic carbocycles. The van der Waals surface area contributed by atoms with Crippen LogP contribution in [0.2, 0.25) is 0 Å². The Balaban J connectivity index is 2.11. The molecule has 0 spiro atoms. The molecule has 1 N–H and O–H groups in total. The van der Waals surface area contributed by atoms with E-state index in [1.807, 2.05) is 13.8 Å². The molecular formula is C18H20FN3O3. The minimum absolute atomic E-state index is 0.103. The Kier molecular flexibility index (Phi) is 6.16. The molecule has 7 heteroatoms. The number of Topliss-reactive ketones (excluding diaryl/α,β-unsaturated/α-hetero) is 1. The Morgan fingerprint density at radius 1 is 1.24 bits per heavy atom. The number of anilines is 1. The molecule has 6 nitrogen and oxygen atoms in total. The van der Waals surface area contributed by atoms with E-state index in [4.69, 9.17) is 0 Å². The first-order valence-electron chi connectivity index (χ1n) is 8.03. The fourth-order valence-electron chi connectivity index (χ4n) is 2.22. The van der Waals surface area contributed by atoms with Crippen molar-refractivity contribution in [3.8, 4) is 0 Å². The molecule has 25 heavy (non-hydrogen) atoms. The van der Waals surface area contributed by atoms with E-state index in [1.165, 1.54) is 24.3 Å². The lowest BCUT2D eigenvalue weighted by atomic mass is 10.1. The summed E-state index contributed by atoms with van der Waals surface area (Å²) in [6.45, 7) is 4.45. The number of carbonyl (C=O) groups is 1. The summed E-state index contributed by atoms with van der Waals surface area (Å²) in [5.41, 5.74) is 0.865. The molecule has 0 amide bonds. The number of benzene rings is 1. The van der Waals surface area contributed by atoms with E-state index >= 15 is 0 Å². The molecule has 2 aromatic rings. The van der Waals surface area contributed by atoms with E-state index in [0.717, 1.165) is 5.56 Å². The molecule has 0 atom stereocenters. The van der Waals surface area contributed by atoms with Gasteiger partial charge in [-0.1, -0.05) is 26.0 Å². The number of hydrogen-bond donors (Lipinski definition) is 1.